The Hall–Kier alpha value is -18.8. The third kappa shape index (κ3) is 15.1. The van der Waals surface area contributed by atoms with Gasteiger partial charge in [0, 0.05) is 160 Å². The molecule has 0 atom stereocenters. The van der Waals surface area contributed by atoms with Crippen LogP contribution >= 0.6 is 34.0 Å². The number of furan rings is 3. The number of hydrogen-bond acceptors (Lipinski definition) is 15. The standard InChI is InChI=1S/C45H27N3OS.2C43H25N3OS/c1-3-12-28(13-4-1)38-26-30(22-24-32(38)36-18-11-19-37-35-17-8-10-21-41(35)50-42(36)37)44-46-43(29-14-5-2-6-15-29)47-45(48-44)31-23-25-34-33-16-7-9-20-39(33)49-40(34)27-31;2*1-2-11-26(12-3-1)41-44-42(27-21-22-32-31-15-6-8-19-37(31)47-38(32)25-27)46-43(45-41)36-24-23-30(28-13-4-5-14-29(28)36)34-17-10-18-35-33-16-7-9-20-39(33)48-40(34)35/h1-27H;2*1-25H. The van der Waals surface area contributed by atoms with E-state index in [0.717, 1.165) is 149 Å². The van der Waals surface area contributed by atoms with E-state index in [9.17, 15) is 0 Å². The van der Waals surface area contributed by atoms with Crippen molar-refractivity contribution < 1.29 is 13.3 Å². The van der Waals surface area contributed by atoms with Crippen molar-refractivity contribution in [2.24, 2.45) is 0 Å². The lowest BCUT2D eigenvalue weighted by Crippen LogP contribution is -2.00. The van der Waals surface area contributed by atoms with Gasteiger partial charge in [-0.05, 0) is 140 Å². The van der Waals surface area contributed by atoms with Crippen LogP contribution in [0, 0.1) is 0 Å². The number of para-hydroxylation sites is 3. The van der Waals surface area contributed by atoms with Crippen molar-refractivity contribution >= 4 is 182 Å². The maximum Gasteiger partial charge on any atom is 0.164 e. The van der Waals surface area contributed by atoms with Crippen molar-refractivity contribution in [3.8, 4) is 147 Å². The third-order valence-electron chi connectivity index (χ3n) is 27.7. The first-order valence-corrected chi connectivity index (χ1v) is 50.9. The molecule has 0 spiro atoms. The minimum absolute atomic E-state index is 0.594. The third-order valence-corrected chi connectivity index (χ3v) is 31.3. The summed E-state index contributed by atoms with van der Waals surface area (Å²) in [5.41, 5.74) is 22.8. The van der Waals surface area contributed by atoms with Crippen molar-refractivity contribution in [2.75, 3.05) is 0 Å². The van der Waals surface area contributed by atoms with Crippen LogP contribution in [0.1, 0.15) is 0 Å². The predicted molar refractivity (Wildman–Crippen MR) is 606 cm³/mol. The molecule has 30 rings (SSSR count). The van der Waals surface area contributed by atoms with E-state index >= 15 is 0 Å². The molecule has 0 amide bonds. The van der Waals surface area contributed by atoms with E-state index in [-0.39, 0.29) is 0 Å². The Bertz CT molecular complexity index is 10100. The van der Waals surface area contributed by atoms with E-state index in [1.54, 1.807) is 0 Å². The molecule has 12 nitrogen and oxygen atoms in total. The van der Waals surface area contributed by atoms with E-state index in [4.69, 9.17) is 58.1 Å². The Morgan fingerprint density at radius 2 is 0.356 bits per heavy atom. The van der Waals surface area contributed by atoms with E-state index < -0.39 is 0 Å². The van der Waals surface area contributed by atoms with Gasteiger partial charge in [-0.15, -0.1) is 34.0 Å². The van der Waals surface area contributed by atoms with Gasteiger partial charge in [0.25, 0.3) is 0 Å². The van der Waals surface area contributed by atoms with Crippen molar-refractivity contribution in [1.29, 1.82) is 0 Å². The Kier molecular flexibility index (Phi) is 20.9. The summed E-state index contributed by atoms with van der Waals surface area (Å²) in [5, 5.41) is 18.7. The van der Waals surface area contributed by atoms with Crippen molar-refractivity contribution in [2.45, 2.75) is 0 Å². The summed E-state index contributed by atoms with van der Waals surface area (Å²) in [7, 11) is 0. The van der Waals surface area contributed by atoms with Gasteiger partial charge in [0.05, 0.1) is 0 Å². The number of thiophene rings is 3. The van der Waals surface area contributed by atoms with Gasteiger partial charge < -0.3 is 13.3 Å². The lowest BCUT2D eigenvalue weighted by Gasteiger charge is -2.14. The summed E-state index contributed by atoms with van der Waals surface area (Å²) in [4.78, 5) is 45.6. The molecule has 0 radical (unpaired) electrons. The van der Waals surface area contributed by atoms with Crippen LogP contribution < -0.4 is 0 Å². The lowest BCUT2D eigenvalue weighted by atomic mass is 9.92. The summed E-state index contributed by atoms with van der Waals surface area (Å²) >= 11 is 5.55. The Labute approximate surface area is 847 Å². The lowest BCUT2D eigenvalue weighted by molar-refractivity contribution is 0.668. The largest absolute Gasteiger partial charge is 0.456 e. The second-order valence-electron chi connectivity index (χ2n) is 36.3. The maximum absolute atomic E-state index is 6.24. The van der Waals surface area contributed by atoms with Crippen LogP contribution in [0.25, 0.3) is 295 Å². The fraction of sp³-hybridized carbons (Fsp3) is 0. The maximum atomic E-state index is 6.24. The molecule has 0 aliphatic rings. The van der Waals surface area contributed by atoms with Gasteiger partial charge in [-0.2, -0.15) is 0 Å². The topological polar surface area (TPSA) is 155 Å². The summed E-state index contributed by atoms with van der Waals surface area (Å²) < 4.78 is 26.5. The Balaban J connectivity index is 0.000000106. The van der Waals surface area contributed by atoms with E-state index in [1.807, 2.05) is 198 Å². The van der Waals surface area contributed by atoms with Gasteiger partial charge >= 0.3 is 0 Å². The van der Waals surface area contributed by atoms with E-state index in [1.165, 1.54) is 93.9 Å². The molecule has 9 heterocycles. The zero-order valence-corrected chi connectivity index (χ0v) is 80.4. The summed E-state index contributed by atoms with van der Waals surface area (Å²) in [6.45, 7) is 0. The van der Waals surface area contributed by atoms with Crippen LogP contribution in [0.2, 0.25) is 0 Å². The molecule has 0 aliphatic carbocycles. The number of hydrogen-bond donors (Lipinski definition) is 0. The van der Waals surface area contributed by atoms with Crippen LogP contribution in [0.4, 0.5) is 0 Å². The van der Waals surface area contributed by atoms with E-state index in [2.05, 4.69) is 303 Å². The van der Waals surface area contributed by atoms with Gasteiger partial charge in [-0.3, -0.25) is 0 Å². The molecule has 146 heavy (non-hydrogen) atoms. The fourth-order valence-electron chi connectivity index (χ4n) is 20.7. The smallest absolute Gasteiger partial charge is 0.164 e. The molecule has 9 aromatic heterocycles. The second-order valence-corrected chi connectivity index (χ2v) is 39.5. The molecule has 0 aliphatic heterocycles. The number of benzene rings is 21. The van der Waals surface area contributed by atoms with Crippen LogP contribution in [-0.2, 0) is 0 Å². The highest BCUT2D eigenvalue weighted by Gasteiger charge is 2.26. The summed E-state index contributed by atoms with van der Waals surface area (Å²) in [6, 6.07) is 162. The first kappa shape index (κ1) is 85.2. The monoisotopic (exact) mass is 1920 g/mol. The predicted octanol–water partition coefficient (Wildman–Crippen LogP) is 36.4. The van der Waals surface area contributed by atoms with Crippen LogP contribution in [-0.4, -0.2) is 44.9 Å². The molecular weight excluding hydrogens is 1840 g/mol. The normalized spacial score (nSPS) is 11.7. The minimum Gasteiger partial charge on any atom is -0.456 e. The Morgan fingerprint density at radius 1 is 0.123 bits per heavy atom. The van der Waals surface area contributed by atoms with Crippen molar-refractivity contribution in [3.63, 3.8) is 0 Å². The highest BCUT2D eigenvalue weighted by molar-refractivity contribution is 7.27. The van der Waals surface area contributed by atoms with Gasteiger partial charge in [0.1, 0.15) is 33.5 Å². The fourth-order valence-corrected chi connectivity index (χ4v) is 24.4. The molecular formula is C131H77N9O3S3. The van der Waals surface area contributed by atoms with Crippen molar-refractivity contribution in [1.82, 2.24) is 44.9 Å². The van der Waals surface area contributed by atoms with Gasteiger partial charge in [-0.1, -0.05) is 376 Å². The molecule has 0 unspecified atom stereocenters. The SMILES string of the molecule is c1ccc(-c2nc(-c3ccc(-c4cccc5c4sc4ccccc45)c(-c4ccccc4)c3)nc(-c3ccc4c(c3)oc3ccccc34)n2)cc1.c1ccc(-c2nc(-c3ccc4c(c3)oc3ccccc34)nc(-c3ccc(-c4cccc5c4sc4ccccc45)c4ccccc34)n2)cc1.c1ccc(-c2nc(-c3ccc4c(c3)oc3ccccc34)nc(-c3ccc(-c4cccc5c4sc4ccccc45)c4ccccc34)n2)cc1. The van der Waals surface area contributed by atoms with Gasteiger partial charge in [-0.25, -0.2) is 44.9 Å². The average molecular weight is 1920 g/mol. The first-order chi connectivity index (χ1) is 72.3. The zero-order valence-electron chi connectivity index (χ0n) is 77.9. The molecule has 21 aromatic carbocycles. The number of nitrogens with zero attached hydrogens (tertiary/aromatic N) is 9. The molecule has 0 saturated heterocycles. The van der Waals surface area contributed by atoms with Crippen LogP contribution in [0.15, 0.2) is 480 Å². The molecule has 15 heteroatoms. The quantitative estimate of drug-likeness (QED) is 0.108. The molecule has 0 fully saturated rings. The first-order valence-electron chi connectivity index (χ1n) is 48.5. The van der Waals surface area contributed by atoms with Crippen LogP contribution in [0.3, 0.4) is 0 Å². The second kappa shape index (κ2) is 35.8. The molecule has 682 valence electrons. The summed E-state index contributed by atoms with van der Waals surface area (Å²) in [5.74, 6) is 5.55. The van der Waals surface area contributed by atoms with Gasteiger partial charge in [0.15, 0.2) is 52.4 Å². The number of fused-ring (bicyclic) bond motifs is 20. The summed E-state index contributed by atoms with van der Waals surface area (Å²) in [6.07, 6.45) is 0. The Morgan fingerprint density at radius 3 is 0.699 bits per heavy atom. The number of rotatable bonds is 13. The van der Waals surface area contributed by atoms with Gasteiger partial charge in [0.2, 0.25) is 0 Å². The zero-order chi connectivity index (χ0) is 96.2. The van der Waals surface area contributed by atoms with Crippen LogP contribution in [0.5, 0.6) is 0 Å². The molecule has 0 bridgehead atoms. The molecule has 30 aromatic rings. The molecule has 0 saturated carbocycles. The van der Waals surface area contributed by atoms with E-state index in [0.29, 0.717) is 52.4 Å². The highest BCUT2D eigenvalue weighted by atomic mass is 32.1. The van der Waals surface area contributed by atoms with Crippen molar-refractivity contribution in [3.05, 3.63) is 467 Å². The average Bonchev–Trinajstić information content (AvgIpc) is 1.38. The number of aromatic nitrogens is 9. The minimum atomic E-state index is 0.594. The molecule has 0 N–H and O–H groups in total. The highest BCUT2D eigenvalue weighted by Crippen LogP contribution is 2.50.